The summed E-state index contributed by atoms with van der Waals surface area (Å²) in [4.78, 5) is 0. The third-order valence-corrected chi connectivity index (χ3v) is 2.90. The third kappa shape index (κ3) is 1.38. The molecule has 0 radical (unpaired) electrons. The first-order chi connectivity index (χ1) is 6.18. The Balaban J connectivity index is 2.17. The summed E-state index contributed by atoms with van der Waals surface area (Å²) in [6, 6.07) is 1.88. The second-order valence-corrected chi connectivity index (χ2v) is 4.00. The second-order valence-electron chi connectivity index (χ2n) is 4.00. The van der Waals surface area contributed by atoms with Crippen LogP contribution in [0.1, 0.15) is 30.3 Å². The first-order valence-electron chi connectivity index (χ1n) is 4.61. The molecule has 3 heteroatoms. The number of hydrogen-bond acceptors (Lipinski definition) is 3. The van der Waals surface area contributed by atoms with Gasteiger partial charge in [-0.1, -0.05) is 0 Å². The molecule has 72 valence electrons. The van der Waals surface area contributed by atoms with Crippen molar-refractivity contribution in [1.29, 1.82) is 0 Å². The molecule has 1 saturated carbocycles. The highest BCUT2D eigenvalue weighted by Crippen LogP contribution is 2.54. The molecule has 0 saturated heterocycles. The first kappa shape index (κ1) is 8.78. The molecular weight excluding hydrogens is 166 g/mol. The molecule has 1 aromatic heterocycles. The Kier molecular flexibility index (Phi) is 1.93. The van der Waals surface area contributed by atoms with Crippen molar-refractivity contribution in [2.75, 3.05) is 6.54 Å². The minimum atomic E-state index is -0.522. The molecule has 0 spiro atoms. The summed E-state index contributed by atoms with van der Waals surface area (Å²) >= 11 is 0. The fraction of sp³-hybridized carbons (Fsp3) is 0.600. The maximum absolute atomic E-state index is 9.95. The van der Waals surface area contributed by atoms with Crippen molar-refractivity contribution in [3.05, 3.63) is 23.7 Å². The predicted octanol–water partition coefficient (Wildman–Crippen LogP) is 1.36. The average molecular weight is 181 g/mol. The normalized spacial score (nSPS) is 21.5. The van der Waals surface area contributed by atoms with E-state index in [1.807, 2.05) is 13.0 Å². The molecule has 1 aliphatic rings. The Morgan fingerprint density at radius 3 is 2.77 bits per heavy atom. The lowest BCUT2D eigenvalue weighted by molar-refractivity contribution is 0.0756. The number of aliphatic hydroxyl groups excluding tert-OH is 1. The van der Waals surface area contributed by atoms with E-state index >= 15 is 0 Å². The lowest BCUT2D eigenvalue weighted by atomic mass is 9.97. The molecule has 13 heavy (non-hydrogen) atoms. The van der Waals surface area contributed by atoms with Gasteiger partial charge in [-0.15, -0.1) is 0 Å². The number of nitrogens with two attached hydrogens (primary N) is 1. The van der Waals surface area contributed by atoms with Gasteiger partial charge in [0.1, 0.15) is 11.9 Å². The summed E-state index contributed by atoms with van der Waals surface area (Å²) in [5.41, 5.74) is 6.56. The van der Waals surface area contributed by atoms with E-state index in [0.717, 1.165) is 18.4 Å². The number of furan rings is 1. The van der Waals surface area contributed by atoms with E-state index in [1.165, 1.54) is 0 Å². The number of rotatable bonds is 3. The van der Waals surface area contributed by atoms with Crippen LogP contribution in [0.2, 0.25) is 0 Å². The van der Waals surface area contributed by atoms with Crippen LogP contribution in [0, 0.1) is 12.3 Å². The SMILES string of the molecule is Cc1coc(C(O)C2(CN)CC2)c1. The van der Waals surface area contributed by atoms with Gasteiger partial charge in [0, 0.05) is 12.0 Å². The van der Waals surface area contributed by atoms with Crippen LogP contribution in [0.5, 0.6) is 0 Å². The maximum atomic E-state index is 9.95. The van der Waals surface area contributed by atoms with Crippen molar-refractivity contribution in [2.24, 2.45) is 11.1 Å². The van der Waals surface area contributed by atoms with Crippen LogP contribution < -0.4 is 5.73 Å². The van der Waals surface area contributed by atoms with Gasteiger partial charge in [0.05, 0.1) is 6.26 Å². The van der Waals surface area contributed by atoms with E-state index in [-0.39, 0.29) is 5.41 Å². The third-order valence-electron chi connectivity index (χ3n) is 2.90. The molecule has 1 atom stereocenters. The number of aryl methyl sites for hydroxylation is 1. The monoisotopic (exact) mass is 181 g/mol. The van der Waals surface area contributed by atoms with E-state index in [0.29, 0.717) is 12.3 Å². The number of aliphatic hydroxyl groups is 1. The summed E-state index contributed by atoms with van der Waals surface area (Å²) in [6.45, 7) is 2.48. The minimum absolute atomic E-state index is 0.0930. The summed E-state index contributed by atoms with van der Waals surface area (Å²) in [6.07, 6.45) is 3.14. The highest BCUT2D eigenvalue weighted by molar-refractivity contribution is 5.17. The quantitative estimate of drug-likeness (QED) is 0.740. The van der Waals surface area contributed by atoms with Crippen molar-refractivity contribution in [3.63, 3.8) is 0 Å². The van der Waals surface area contributed by atoms with Gasteiger partial charge in [-0.3, -0.25) is 0 Å². The van der Waals surface area contributed by atoms with Crippen LogP contribution in [-0.4, -0.2) is 11.7 Å². The summed E-state index contributed by atoms with van der Waals surface area (Å²) in [5, 5.41) is 9.95. The molecule has 0 aromatic carbocycles. The van der Waals surface area contributed by atoms with Crippen LogP contribution >= 0.6 is 0 Å². The van der Waals surface area contributed by atoms with Gasteiger partial charge in [-0.2, -0.15) is 0 Å². The molecule has 3 N–H and O–H groups in total. The molecule has 1 fully saturated rings. The van der Waals surface area contributed by atoms with Crippen LogP contribution in [0.25, 0.3) is 0 Å². The molecular formula is C10H15NO2. The Morgan fingerprint density at radius 1 is 1.69 bits per heavy atom. The van der Waals surface area contributed by atoms with Crippen molar-refractivity contribution in [1.82, 2.24) is 0 Å². The van der Waals surface area contributed by atoms with E-state index < -0.39 is 6.10 Å². The smallest absolute Gasteiger partial charge is 0.133 e. The van der Waals surface area contributed by atoms with Gasteiger partial charge in [0.2, 0.25) is 0 Å². The molecule has 2 rings (SSSR count). The van der Waals surface area contributed by atoms with Crippen molar-refractivity contribution >= 4 is 0 Å². The summed E-state index contributed by atoms with van der Waals surface area (Å²) < 4.78 is 5.25. The molecule has 1 aliphatic carbocycles. The van der Waals surface area contributed by atoms with Gasteiger partial charge in [0.15, 0.2) is 0 Å². The molecule has 0 bridgehead atoms. The Labute approximate surface area is 77.5 Å². The highest BCUT2D eigenvalue weighted by Gasteiger charge is 2.49. The predicted molar refractivity (Wildman–Crippen MR) is 49.1 cm³/mol. The van der Waals surface area contributed by atoms with E-state index in [9.17, 15) is 5.11 Å². The largest absolute Gasteiger partial charge is 0.466 e. The minimum Gasteiger partial charge on any atom is -0.466 e. The summed E-state index contributed by atoms with van der Waals surface area (Å²) in [5.74, 6) is 0.653. The van der Waals surface area contributed by atoms with Crippen molar-refractivity contribution in [3.8, 4) is 0 Å². The Hall–Kier alpha value is -0.800. The van der Waals surface area contributed by atoms with E-state index in [2.05, 4.69) is 0 Å². The Bertz CT molecular complexity index is 302. The molecule has 1 unspecified atom stereocenters. The van der Waals surface area contributed by atoms with Crippen LogP contribution in [-0.2, 0) is 0 Å². The van der Waals surface area contributed by atoms with E-state index in [4.69, 9.17) is 10.2 Å². The molecule has 3 nitrogen and oxygen atoms in total. The second kappa shape index (κ2) is 2.86. The van der Waals surface area contributed by atoms with Crippen LogP contribution in [0.4, 0.5) is 0 Å². The zero-order valence-electron chi connectivity index (χ0n) is 7.79. The molecule has 1 aromatic rings. The van der Waals surface area contributed by atoms with Gasteiger partial charge >= 0.3 is 0 Å². The first-order valence-corrected chi connectivity index (χ1v) is 4.61. The van der Waals surface area contributed by atoms with Crippen molar-refractivity contribution in [2.45, 2.75) is 25.9 Å². The topological polar surface area (TPSA) is 59.4 Å². The standard InChI is InChI=1S/C10H15NO2/c1-7-4-8(13-5-7)9(12)10(6-11)2-3-10/h4-5,9,12H,2-3,6,11H2,1H3. The van der Waals surface area contributed by atoms with E-state index in [1.54, 1.807) is 6.26 Å². The van der Waals surface area contributed by atoms with Gasteiger partial charge in [-0.05, 0) is 31.4 Å². The Morgan fingerprint density at radius 2 is 2.38 bits per heavy atom. The van der Waals surface area contributed by atoms with Gasteiger partial charge in [-0.25, -0.2) is 0 Å². The van der Waals surface area contributed by atoms with Crippen LogP contribution in [0.3, 0.4) is 0 Å². The highest BCUT2D eigenvalue weighted by atomic mass is 16.4. The molecule has 1 heterocycles. The summed E-state index contributed by atoms with van der Waals surface area (Å²) in [7, 11) is 0. The van der Waals surface area contributed by atoms with Gasteiger partial charge in [0.25, 0.3) is 0 Å². The zero-order valence-corrected chi connectivity index (χ0v) is 7.79. The average Bonchev–Trinajstić information content (AvgIpc) is 2.82. The lowest BCUT2D eigenvalue weighted by Gasteiger charge is -2.17. The van der Waals surface area contributed by atoms with Crippen molar-refractivity contribution < 1.29 is 9.52 Å². The lowest BCUT2D eigenvalue weighted by Crippen LogP contribution is -2.23. The fourth-order valence-corrected chi connectivity index (χ4v) is 1.65. The van der Waals surface area contributed by atoms with Crippen LogP contribution in [0.15, 0.2) is 16.7 Å². The molecule has 0 amide bonds. The maximum Gasteiger partial charge on any atom is 0.133 e. The zero-order chi connectivity index (χ0) is 9.47. The number of hydrogen-bond donors (Lipinski definition) is 2. The molecule has 0 aliphatic heterocycles. The fourth-order valence-electron chi connectivity index (χ4n) is 1.65. The van der Waals surface area contributed by atoms with Gasteiger partial charge < -0.3 is 15.3 Å².